The number of aromatic nitrogens is 1. The van der Waals surface area contributed by atoms with Gasteiger partial charge in [-0.3, -0.25) is 9.10 Å². The predicted octanol–water partition coefficient (Wildman–Crippen LogP) is 5.08. The average Bonchev–Trinajstić information content (AvgIpc) is 3.01. The van der Waals surface area contributed by atoms with Gasteiger partial charge in [-0.25, -0.2) is 13.8 Å². The van der Waals surface area contributed by atoms with Gasteiger partial charge in [0.05, 0.1) is 28.9 Å². The van der Waals surface area contributed by atoms with Crippen LogP contribution in [0.5, 0.6) is 0 Å². The highest BCUT2D eigenvalue weighted by Gasteiger charge is 2.22. The molecule has 3 aromatic rings. The molecule has 0 bridgehead atoms. The van der Waals surface area contributed by atoms with Gasteiger partial charge in [0.15, 0.2) is 0 Å². The second-order valence-corrected chi connectivity index (χ2v) is 10.9. The molecular formula is C22H21BrCl2N4O3S. The van der Waals surface area contributed by atoms with Crippen LogP contribution in [-0.4, -0.2) is 37.9 Å². The molecule has 33 heavy (non-hydrogen) atoms. The van der Waals surface area contributed by atoms with Gasteiger partial charge in [0.1, 0.15) is 6.54 Å². The maximum atomic E-state index is 12.5. The Morgan fingerprint density at radius 2 is 1.88 bits per heavy atom. The molecule has 0 aliphatic heterocycles. The highest BCUT2D eigenvalue weighted by molar-refractivity contribution is 9.10. The molecular weight excluding hydrogens is 551 g/mol. The van der Waals surface area contributed by atoms with E-state index in [-0.39, 0.29) is 0 Å². The molecule has 11 heteroatoms. The number of nitrogens with zero attached hydrogens (tertiary/aromatic N) is 3. The Kier molecular flexibility index (Phi) is 7.89. The molecule has 0 unspecified atom stereocenters. The van der Waals surface area contributed by atoms with Gasteiger partial charge in [-0.2, -0.15) is 5.10 Å². The molecule has 0 saturated carbocycles. The third-order valence-electron chi connectivity index (χ3n) is 4.82. The second-order valence-electron chi connectivity index (χ2n) is 7.27. The standard InChI is InChI=1S/C22H21BrCl2N4O3S/c1-14-10-16(15(2)29(14)21-11-17(24)8-9-19(21)25)12-26-27-22(30)13-28(33(3,31)32)20-7-5-4-6-18(20)23/h4-12H,13H2,1-3H3,(H,27,30)/b26-12-. The Morgan fingerprint density at radius 3 is 2.55 bits per heavy atom. The lowest BCUT2D eigenvalue weighted by atomic mass is 10.2. The summed E-state index contributed by atoms with van der Waals surface area (Å²) in [6, 6.07) is 13.9. The van der Waals surface area contributed by atoms with Gasteiger partial charge in [0, 0.05) is 26.4 Å². The minimum absolute atomic E-state index is 0.362. The monoisotopic (exact) mass is 570 g/mol. The van der Waals surface area contributed by atoms with Crippen molar-refractivity contribution in [3.63, 3.8) is 0 Å². The molecule has 2 aromatic carbocycles. The minimum atomic E-state index is -3.70. The fraction of sp³-hybridized carbons (Fsp3) is 0.182. The van der Waals surface area contributed by atoms with Crippen molar-refractivity contribution in [2.45, 2.75) is 13.8 Å². The quantitative estimate of drug-likeness (QED) is 0.317. The van der Waals surface area contributed by atoms with Crippen LogP contribution < -0.4 is 9.73 Å². The van der Waals surface area contributed by atoms with Gasteiger partial charge in [0.2, 0.25) is 10.0 Å². The number of amides is 1. The van der Waals surface area contributed by atoms with Crippen LogP contribution in [0.1, 0.15) is 17.0 Å². The predicted molar refractivity (Wildman–Crippen MR) is 137 cm³/mol. The lowest BCUT2D eigenvalue weighted by Crippen LogP contribution is -2.39. The van der Waals surface area contributed by atoms with Crippen LogP contribution in [0.3, 0.4) is 0 Å². The Bertz CT molecular complexity index is 1340. The fourth-order valence-electron chi connectivity index (χ4n) is 3.32. The first-order valence-electron chi connectivity index (χ1n) is 9.67. The summed E-state index contributed by atoms with van der Waals surface area (Å²) in [5.74, 6) is -0.584. The average molecular weight is 572 g/mol. The molecule has 0 fully saturated rings. The van der Waals surface area contributed by atoms with Crippen molar-refractivity contribution in [2.75, 3.05) is 17.1 Å². The number of nitrogens with one attached hydrogen (secondary N) is 1. The first-order chi connectivity index (χ1) is 15.5. The third-order valence-corrected chi connectivity index (χ3v) is 7.17. The van der Waals surface area contributed by atoms with Gasteiger partial charge in [0.25, 0.3) is 5.91 Å². The van der Waals surface area contributed by atoms with Gasteiger partial charge in [-0.1, -0.05) is 35.3 Å². The lowest BCUT2D eigenvalue weighted by Gasteiger charge is -2.22. The van der Waals surface area contributed by atoms with Crippen molar-refractivity contribution in [3.05, 3.63) is 80.0 Å². The zero-order valence-electron chi connectivity index (χ0n) is 18.0. The molecule has 7 nitrogen and oxygen atoms in total. The van der Waals surface area contributed by atoms with Crippen molar-refractivity contribution in [2.24, 2.45) is 5.10 Å². The number of aryl methyl sites for hydroxylation is 1. The summed E-state index contributed by atoms with van der Waals surface area (Å²) in [5, 5.41) is 5.12. The Balaban J connectivity index is 1.78. The second kappa shape index (κ2) is 10.3. The van der Waals surface area contributed by atoms with Crippen molar-refractivity contribution < 1.29 is 13.2 Å². The third kappa shape index (κ3) is 5.97. The molecule has 0 aliphatic carbocycles. The zero-order chi connectivity index (χ0) is 24.3. The lowest BCUT2D eigenvalue weighted by molar-refractivity contribution is -0.119. The van der Waals surface area contributed by atoms with Crippen molar-refractivity contribution >= 4 is 67.0 Å². The summed E-state index contributed by atoms with van der Waals surface area (Å²) in [5.41, 5.74) is 6.00. The largest absolute Gasteiger partial charge is 0.316 e. The number of anilines is 1. The SMILES string of the molecule is Cc1cc(/C=N\NC(=O)CN(c2ccccc2Br)S(C)(=O)=O)c(C)n1-c1cc(Cl)ccc1Cl. The number of hydrazone groups is 1. The van der Waals surface area contributed by atoms with E-state index in [1.165, 1.54) is 6.21 Å². The molecule has 3 rings (SSSR count). The van der Waals surface area contributed by atoms with E-state index in [0.29, 0.717) is 20.2 Å². The molecule has 0 radical (unpaired) electrons. The van der Waals surface area contributed by atoms with Crippen LogP contribution in [0.25, 0.3) is 5.69 Å². The normalized spacial score (nSPS) is 11.7. The zero-order valence-corrected chi connectivity index (χ0v) is 21.9. The maximum Gasteiger partial charge on any atom is 0.260 e. The van der Waals surface area contributed by atoms with Crippen LogP contribution in [0.15, 0.2) is 58.1 Å². The maximum absolute atomic E-state index is 12.5. The number of para-hydroxylation sites is 1. The van der Waals surface area contributed by atoms with E-state index in [1.54, 1.807) is 42.5 Å². The number of hydrogen-bond donors (Lipinski definition) is 1. The molecule has 174 valence electrons. The number of rotatable bonds is 7. The van der Waals surface area contributed by atoms with Crippen LogP contribution in [0, 0.1) is 13.8 Å². The summed E-state index contributed by atoms with van der Waals surface area (Å²) >= 11 is 15.8. The van der Waals surface area contributed by atoms with E-state index in [9.17, 15) is 13.2 Å². The Hall–Kier alpha value is -2.33. The minimum Gasteiger partial charge on any atom is -0.316 e. The molecule has 0 atom stereocenters. The van der Waals surface area contributed by atoms with E-state index in [2.05, 4.69) is 26.5 Å². The summed E-state index contributed by atoms with van der Waals surface area (Å²) in [6.07, 6.45) is 2.54. The Morgan fingerprint density at radius 1 is 1.18 bits per heavy atom. The smallest absolute Gasteiger partial charge is 0.260 e. The number of benzene rings is 2. The van der Waals surface area contributed by atoms with E-state index in [4.69, 9.17) is 23.2 Å². The number of carbonyl (C=O) groups excluding carboxylic acids is 1. The first kappa shape index (κ1) is 25.3. The summed E-state index contributed by atoms with van der Waals surface area (Å²) in [6.45, 7) is 3.39. The van der Waals surface area contributed by atoms with Crippen molar-refractivity contribution in [3.8, 4) is 5.69 Å². The number of hydrogen-bond acceptors (Lipinski definition) is 4. The summed E-state index contributed by atoms with van der Waals surface area (Å²) in [4.78, 5) is 12.5. The summed E-state index contributed by atoms with van der Waals surface area (Å²) < 4.78 is 28.0. The van der Waals surface area contributed by atoms with Crippen molar-refractivity contribution in [1.29, 1.82) is 0 Å². The summed E-state index contributed by atoms with van der Waals surface area (Å²) in [7, 11) is -3.70. The van der Waals surface area contributed by atoms with E-state index >= 15 is 0 Å². The van der Waals surface area contributed by atoms with Gasteiger partial charge in [-0.15, -0.1) is 0 Å². The van der Waals surface area contributed by atoms with Gasteiger partial charge >= 0.3 is 0 Å². The highest BCUT2D eigenvalue weighted by atomic mass is 79.9. The number of sulfonamides is 1. The molecule has 1 amide bonds. The van der Waals surface area contributed by atoms with Gasteiger partial charge in [-0.05, 0) is 66.2 Å². The van der Waals surface area contributed by atoms with Gasteiger partial charge < -0.3 is 4.57 Å². The van der Waals surface area contributed by atoms with Crippen molar-refractivity contribution in [1.82, 2.24) is 9.99 Å². The number of carbonyl (C=O) groups is 1. The van der Waals surface area contributed by atoms with Crippen LogP contribution in [0.4, 0.5) is 5.69 Å². The van der Waals surface area contributed by atoms with Crippen LogP contribution >= 0.6 is 39.1 Å². The fourth-order valence-corrected chi connectivity index (χ4v) is 5.17. The van der Waals surface area contributed by atoms with E-state index in [0.717, 1.165) is 33.2 Å². The van der Waals surface area contributed by atoms with Crippen LogP contribution in [0.2, 0.25) is 10.0 Å². The molecule has 1 N–H and O–H groups in total. The Labute approximate surface area is 211 Å². The van der Waals surface area contributed by atoms with E-state index < -0.39 is 22.5 Å². The molecule has 1 aromatic heterocycles. The highest BCUT2D eigenvalue weighted by Crippen LogP contribution is 2.29. The molecule has 0 aliphatic rings. The molecule has 1 heterocycles. The van der Waals surface area contributed by atoms with Crippen LogP contribution in [-0.2, 0) is 14.8 Å². The molecule has 0 spiro atoms. The van der Waals surface area contributed by atoms with E-state index in [1.807, 2.05) is 24.5 Å². The number of halogens is 3. The molecule has 0 saturated heterocycles. The topological polar surface area (TPSA) is 83.8 Å². The first-order valence-corrected chi connectivity index (χ1v) is 13.1.